The van der Waals surface area contributed by atoms with Gasteiger partial charge in [0.15, 0.2) is 0 Å². The molecule has 0 radical (unpaired) electrons. The predicted molar refractivity (Wildman–Crippen MR) is 48.5 cm³/mol. The Morgan fingerprint density at radius 1 is 1.18 bits per heavy atom. The molecule has 1 aromatic carbocycles. The summed E-state index contributed by atoms with van der Waals surface area (Å²) in [4.78, 5) is 0. The van der Waals surface area contributed by atoms with Crippen LogP contribution in [0.5, 0.6) is 0 Å². The van der Waals surface area contributed by atoms with Crippen molar-refractivity contribution >= 4 is 0 Å². The summed E-state index contributed by atoms with van der Waals surface area (Å²) in [6, 6.07) is 4.34. The van der Waals surface area contributed by atoms with Gasteiger partial charge in [-0.15, -0.1) is 0 Å². The van der Waals surface area contributed by atoms with Gasteiger partial charge in [0.2, 0.25) is 0 Å². The molecule has 0 unspecified atom stereocenters. The van der Waals surface area contributed by atoms with E-state index in [1.165, 1.54) is 22.3 Å². The van der Waals surface area contributed by atoms with Crippen molar-refractivity contribution in [3.63, 3.8) is 0 Å². The fourth-order valence-corrected chi connectivity index (χ4v) is 1.34. The highest BCUT2D eigenvalue weighted by molar-refractivity contribution is 5.36. The molecule has 0 aromatic heterocycles. The molecule has 11 heavy (non-hydrogen) atoms. The van der Waals surface area contributed by atoms with Crippen molar-refractivity contribution in [3.05, 3.63) is 34.4 Å². The van der Waals surface area contributed by atoms with E-state index in [0.717, 1.165) is 0 Å². The molecule has 0 fully saturated rings. The van der Waals surface area contributed by atoms with Crippen molar-refractivity contribution < 1.29 is 0 Å². The summed E-state index contributed by atoms with van der Waals surface area (Å²) in [5.41, 5.74) is 10.8. The highest BCUT2D eigenvalue weighted by atomic mass is 14.5. The minimum absolute atomic E-state index is 0.647. The first-order valence-electron chi connectivity index (χ1n) is 3.92. The lowest BCUT2D eigenvalue weighted by Gasteiger charge is -2.07. The fraction of sp³-hybridized carbons (Fsp3) is 0.400. The van der Waals surface area contributed by atoms with Gasteiger partial charge in [0.05, 0.1) is 0 Å². The van der Waals surface area contributed by atoms with E-state index in [-0.39, 0.29) is 0 Å². The second kappa shape index (κ2) is 3.05. The van der Waals surface area contributed by atoms with Crippen LogP contribution in [0, 0.1) is 20.8 Å². The summed E-state index contributed by atoms with van der Waals surface area (Å²) in [5.74, 6) is 0. The second-order valence-electron chi connectivity index (χ2n) is 3.07. The van der Waals surface area contributed by atoms with Crippen LogP contribution in [-0.2, 0) is 6.54 Å². The Bertz CT molecular complexity index is 264. The molecular formula is C10H15N. The Kier molecular flexibility index (Phi) is 2.30. The highest BCUT2D eigenvalue weighted by Crippen LogP contribution is 2.14. The molecule has 0 saturated heterocycles. The minimum atomic E-state index is 0.647. The van der Waals surface area contributed by atoms with Gasteiger partial charge < -0.3 is 5.73 Å². The lowest BCUT2D eigenvalue weighted by atomic mass is 10.0. The fourth-order valence-electron chi connectivity index (χ4n) is 1.34. The molecular weight excluding hydrogens is 134 g/mol. The molecule has 0 aliphatic rings. The van der Waals surface area contributed by atoms with Crippen molar-refractivity contribution in [3.8, 4) is 0 Å². The number of hydrogen-bond donors (Lipinski definition) is 1. The van der Waals surface area contributed by atoms with Crippen molar-refractivity contribution in [2.45, 2.75) is 27.3 Å². The lowest BCUT2D eigenvalue weighted by Crippen LogP contribution is -2.00. The van der Waals surface area contributed by atoms with Crippen LogP contribution in [0.3, 0.4) is 0 Å². The van der Waals surface area contributed by atoms with Gasteiger partial charge in [0.25, 0.3) is 0 Å². The maximum absolute atomic E-state index is 5.59. The maximum Gasteiger partial charge on any atom is 0.0180 e. The van der Waals surface area contributed by atoms with Crippen LogP contribution >= 0.6 is 0 Å². The van der Waals surface area contributed by atoms with Crippen LogP contribution in [0.4, 0.5) is 0 Å². The summed E-state index contributed by atoms with van der Waals surface area (Å²) in [6.45, 7) is 7.00. The van der Waals surface area contributed by atoms with E-state index in [2.05, 4.69) is 32.9 Å². The van der Waals surface area contributed by atoms with Crippen LogP contribution in [0.15, 0.2) is 12.1 Å². The normalized spacial score (nSPS) is 10.2. The zero-order chi connectivity index (χ0) is 8.43. The molecule has 0 atom stereocenters. The van der Waals surface area contributed by atoms with Gasteiger partial charge in [0.1, 0.15) is 0 Å². The molecule has 0 spiro atoms. The van der Waals surface area contributed by atoms with Crippen LogP contribution in [-0.4, -0.2) is 0 Å². The average Bonchev–Trinajstić information content (AvgIpc) is 1.96. The Labute approximate surface area is 68.2 Å². The van der Waals surface area contributed by atoms with E-state index in [1.807, 2.05) is 0 Å². The number of rotatable bonds is 1. The molecule has 2 N–H and O–H groups in total. The summed E-state index contributed by atoms with van der Waals surface area (Å²) < 4.78 is 0. The third kappa shape index (κ3) is 1.60. The van der Waals surface area contributed by atoms with Gasteiger partial charge >= 0.3 is 0 Å². The van der Waals surface area contributed by atoms with E-state index >= 15 is 0 Å². The quantitative estimate of drug-likeness (QED) is 0.650. The zero-order valence-corrected chi connectivity index (χ0v) is 7.44. The molecule has 60 valence electrons. The van der Waals surface area contributed by atoms with Crippen LogP contribution in [0.2, 0.25) is 0 Å². The average molecular weight is 149 g/mol. The molecule has 0 saturated carbocycles. The van der Waals surface area contributed by atoms with Crippen LogP contribution in [0.1, 0.15) is 22.3 Å². The Balaban J connectivity index is 3.24. The molecule has 0 amide bonds. The van der Waals surface area contributed by atoms with Crippen molar-refractivity contribution in [2.75, 3.05) is 0 Å². The standard InChI is InChI=1S/C10H15N/c1-7-4-8(2)9(3)10(5-7)6-11/h4-5H,6,11H2,1-3H3. The first-order valence-corrected chi connectivity index (χ1v) is 3.92. The van der Waals surface area contributed by atoms with Crippen molar-refractivity contribution in [1.82, 2.24) is 0 Å². The number of aryl methyl sites for hydroxylation is 2. The van der Waals surface area contributed by atoms with E-state index in [0.29, 0.717) is 6.54 Å². The van der Waals surface area contributed by atoms with Crippen molar-refractivity contribution in [1.29, 1.82) is 0 Å². The first kappa shape index (κ1) is 8.28. The monoisotopic (exact) mass is 149 g/mol. The maximum atomic E-state index is 5.59. The Morgan fingerprint density at radius 2 is 1.82 bits per heavy atom. The van der Waals surface area contributed by atoms with Gasteiger partial charge in [-0.2, -0.15) is 0 Å². The summed E-state index contributed by atoms with van der Waals surface area (Å²) in [5, 5.41) is 0. The first-order chi connectivity index (χ1) is 5.15. The van der Waals surface area contributed by atoms with Gasteiger partial charge in [-0.3, -0.25) is 0 Å². The highest BCUT2D eigenvalue weighted by Gasteiger charge is 1.99. The number of benzene rings is 1. The Morgan fingerprint density at radius 3 is 2.36 bits per heavy atom. The van der Waals surface area contributed by atoms with Crippen molar-refractivity contribution in [2.24, 2.45) is 5.73 Å². The summed E-state index contributed by atoms with van der Waals surface area (Å²) >= 11 is 0. The largest absolute Gasteiger partial charge is 0.326 e. The van der Waals surface area contributed by atoms with Crippen LogP contribution < -0.4 is 5.73 Å². The molecule has 1 rings (SSSR count). The zero-order valence-electron chi connectivity index (χ0n) is 7.44. The van der Waals surface area contributed by atoms with Gasteiger partial charge in [-0.25, -0.2) is 0 Å². The van der Waals surface area contributed by atoms with Crippen LogP contribution in [0.25, 0.3) is 0 Å². The predicted octanol–water partition coefficient (Wildman–Crippen LogP) is 2.07. The summed E-state index contributed by atoms with van der Waals surface area (Å²) in [6.07, 6.45) is 0. The lowest BCUT2D eigenvalue weighted by molar-refractivity contribution is 1.03. The number of hydrogen-bond acceptors (Lipinski definition) is 1. The topological polar surface area (TPSA) is 26.0 Å². The van der Waals surface area contributed by atoms with Gasteiger partial charge in [-0.05, 0) is 37.5 Å². The SMILES string of the molecule is Cc1cc(C)c(C)c(CN)c1. The van der Waals surface area contributed by atoms with E-state index in [9.17, 15) is 0 Å². The Hall–Kier alpha value is -0.820. The third-order valence-corrected chi connectivity index (χ3v) is 2.14. The molecule has 0 heterocycles. The third-order valence-electron chi connectivity index (χ3n) is 2.14. The number of nitrogens with two attached hydrogens (primary N) is 1. The second-order valence-corrected chi connectivity index (χ2v) is 3.07. The van der Waals surface area contributed by atoms with Gasteiger partial charge in [0, 0.05) is 6.54 Å². The molecule has 0 aliphatic carbocycles. The molecule has 1 aromatic rings. The van der Waals surface area contributed by atoms with E-state index in [1.54, 1.807) is 0 Å². The minimum Gasteiger partial charge on any atom is -0.326 e. The molecule has 0 bridgehead atoms. The van der Waals surface area contributed by atoms with E-state index < -0.39 is 0 Å². The molecule has 1 heteroatoms. The smallest absolute Gasteiger partial charge is 0.0180 e. The molecule has 0 aliphatic heterocycles. The van der Waals surface area contributed by atoms with Gasteiger partial charge in [-0.1, -0.05) is 17.7 Å². The summed E-state index contributed by atoms with van der Waals surface area (Å²) in [7, 11) is 0. The molecule has 1 nitrogen and oxygen atoms in total. The van der Waals surface area contributed by atoms with E-state index in [4.69, 9.17) is 5.73 Å².